The van der Waals surface area contributed by atoms with Crippen LogP contribution in [0.15, 0.2) is 18.2 Å². The molecule has 2 atom stereocenters. The molecule has 146 valence electrons. The third-order valence-electron chi connectivity index (χ3n) is 4.85. The predicted octanol–water partition coefficient (Wildman–Crippen LogP) is 3.93. The lowest BCUT2D eigenvalue weighted by atomic mass is 10.00. The van der Waals surface area contributed by atoms with Crippen LogP contribution in [0.3, 0.4) is 0 Å². The molecule has 0 spiro atoms. The molecule has 2 unspecified atom stereocenters. The molecule has 5 nitrogen and oxygen atoms in total. The zero-order valence-corrected chi connectivity index (χ0v) is 16.7. The van der Waals surface area contributed by atoms with Crippen molar-refractivity contribution in [2.24, 2.45) is 0 Å². The van der Waals surface area contributed by atoms with E-state index in [1.165, 1.54) is 6.42 Å². The van der Waals surface area contributed by atoms with Gasteiger partial charge in [0.1, 0.15) is 0 Å². The highest BCUT2D eigenvalue weighted by Gasteiger charge is 2.28. The van der Waals surface area contributed by atoms with E-state index in [-0.39, 0.29) is 18.0 Å². The van der Waals surface area contributed by atoms with Crippen molar-refractivity contribution in [2.75, 3.05) is 26.3 Å². The van der Waals surface area contributed by atoms with Gasteiger partial charge >= 0.3 is 0 Å². The van der Waals surface area contributed by atoms with Gasteiger partial charge < -0.3 is 14.8 Å². The molecule has 1 heterocycles. The number of benzene rings is 1. The number of nitrogens with one attached hydrogen (secondary N) is 1. The van der Waals surface area contributed by atoms with E-state index in [2.05, 4.69) is 17.1 Å². The Labute approximate surface area is 158 Å². The average molecular weight is 363 g/mol. The Balaban J connectivity index is 2.06. The van der Waals surface area contributed by atoms with Gasteiger partial charge in [-0.2, -0.15) is 0 Å². The van der Waals surface area contributed by atoms with Crippen molar-refractivity contribution in [3.05, 3.63) is 23.8 Å². The van der Waals surface area contributed by atoms with Crippen molar-refractivity contribution >= 4 is 5.91 Å². The monoisotopic (exact) mass is 362 g/mol. The summed E-state index contributed by atoms with van der Waals surface area (Å²) in [5, 5.41) is 3.20. The summed E-state index contributed by atoms with van der Waals surface area (Å²) in [5.74, 6) is 1.62. The number of hydrogen-bond donors (Lipinski definition) is 1. The summed E-state index contributed by atoms with van der Waals surface area (Å²) in [6.45, 7) is 11.3. The Bertz CT molecular complexity index is 574. The smallest absolute Gasteiger partial charge is 0.237 e. The standard InChI is InChI=1S/C21H34N2O3/c1-5-13-23-14-9-8-10-18(23)21(24)22-16(4)17-11-12-19(25-6-2)20(15-17)26-7-3/h11-12,15-16,18H,5-10,13-14H2,1-4H3,(H,22,24). The van der Waals surface area contributed by atoms with Crippen molar-refractivity contribution in [2.45, 2.75) is 65.5 Å². The number of piperidine rings is 1. The molecule has 1 aliphatic rings. The molecule has 2 rings (SSSR count). The fourth-order valence-electron chi connectivity index (χ4n) is 3.57. The second-order valence-electron chi connectivity index (χ2n) is 6.85. The summed E-state index contributed by atoms with van der Waals surface area (Å²) >= 11 is 0. The van der Waals surface area contributed by atoms with Gasteiger partial charge in [0.15, 0.2) is 11.5 Å². The Morgan fingerprint density at radius 1 is 1.19 bits per heavy atom. The Kier molecular flexibility index (Phi) is 8.23. The van der Waals surface area contributed by atoms with Crippen molar-refractivity contribution in [1.82, 2.24) is 10.2 Å². The molecule has 0 saturated carbocycles. The molecule has 0 radical (unpaired) electrons. The lowest BCUT2D eigenvalue weighted by Crippen LogP contribution is -2.50. The van der Waals surface area contributed by atoms with E-state index in [0.29, 0.717) is 13.2 Å². The van der Waals surface area contributed by atoms with Gasteiger partial charge in [-0.3, -0.25) is 9.69 Å². The fourth-order valence-corrected chi connectivity index (χ4v) is 3.57. The van der Waals surface area contributed by atoms with Gasteiger partial charge in [-0.15, -0.1) is 0 Å². The lowest BCUT2D eigenvalue weighted by Gasteiger charge is -2.35. The fraction of sp³-hybridized carbons (Fsp3) is 0.667. The van der Waals surface area contributed by atoms with Crippen LogP contribution in [-0.4, -0.2) is 43.2 Å². The van der Waals surface area contributed by atoms with E-state index in [9.17, 15) is 4.79 Å². The zero-order chi connectivity index (χ0) is 18.9. The molecule has 1 fully saturated rings. The maximum atomic E-state index is 12.8. The van der Waals surface area contributed by atoms with Gasteiger partial charge in [-0.05, 0) is 70.8 Å². The van der Waals surface area contributed by atoms with Gasteiger partial charge in [0.05, 0.1) is 25.3 Å². The van der Waals surface area contributed by atoms with Crippen LogP contribution in [0.2, 0.25) is 0 Å². The number of carbonyl (C=O) groups is 1. The second kappa shape index (κ2) is 10.4. The first kappa shape index (κ1) is 20.6. The SMILES string of the molecule is CCCN1CCCCC1C(=O)NC(C)c1ccc(OCC)c(OCC)c1. The Morgan fingerprint density at radius 3 is 2.62 bits per heavy atom. The third kappa shape index (κ3) is 5.37. The predicted molar refractivity (Wildman–Crippen MR) is 105 cm³/mol. The summed E-state index contributed by atoms with van der Waals surface area (Å²) in [4.78, 5) is 15.2. The molecule has 5 heteroatoms. The molecule has 1 aliphatic heterocycles. The van der Waals surface area contributed by atoms with Gasteiger partial charge in [0, 0.05) is 0 Å². The van der Waals surface area contributed by atoms with E-state index in [1.54, 1.807) is 0 Å². The highest BCUT2D eigenvalue weighted by atomic mass is 16.5. The van der Waals surface area contributed by atoms with Crippen LogP contribution in [0, 0.1) is 0 Å². The number of carbonyl (C=O) groups excluding carboxylic acids is 1. The Morgan fingerprint density at radius 2 is 1.92 bits per heavy atom. The van der Waals surface area contributed by atoms with E-state index >= 15 is 0 Å². The van der Waals surface area contributed by atoms with E-state index in [4.69, 9.17) is 9.47 Å². The molecule has 0 aromatic heterocycles. The number of ether oxygens (including phenoxy) is 2. The van der Waals surface area contributed by atoms with E-state index in [1.807, 2.05) is 39.0 Å². The summed E-state index contributed by atoms with van der Waals surface area (Å²) in [6.07, 6.45) is 4.35. The van der Waals surface area contributed by atoms with Crippen LogP contribution < -0.4 is 14.8 Å². The van der Waals surface area contributed by atoms with E-state index < -0.39 is 0 Å². The van der Waals surface area contributed by atoms with Crippen LogP contribution in [0.4, 0.5) is 0 Å². The van der Waals surface area contributed by atoms with Gasteiger partial charge in [0.25, 0.3) is 0 Å². The molecule has 1 saturated heterocycles. The zero-order valence-electron chi connectivity index (χ0n) is 16.7. The van der Waals surface area contributed by atoms with Crippen LogP contribution in [-0.2, 0) is 4.79 Å². The quantitative estimate of drug-likeness (QED) is 0.723. The number of nitrogens with zero attached hydrogens (tertiary/aromatic N) is 1. The summed E-state index contributed by atoms with van der Waals surface area (Å²) < 4.78 is 11.3. The minimum absolute atomic E-state index is 0.000195. The first-order valence-corrected chi connectivity index (χ1v) is 10.0. The maximum absolute atomic E-state index is 12.8. The first-order valence-electron chi connectivity index (χ1n) is 10.0. The van der Waals surface area contributed by atoms with Crippen LogP contribution in [0.5, 0.6) is 11.5 Å². The minimum Gasteiger partial charge on any atom is -0.490 e. The van der Waals surface area contributed by atoms with Gasteiger partial charge in [0.2, 0.25) is 5.91 Å². The molecule has 0 aliphatic carbocycles. The second-order valence-corrected chi connectivity index (χ2v) is 6.85. The summed E-state index contributed by atoms with van der Waals surface area (Å²) in [6, 6.07) is 5.84. The number of rotatable bonds is 9. The molecule has 26 heavy (non-hydrogen) atoms. The molecule has 1 N–H and O–H groups in total. The number of hydrogen-bond acceptors (Lipinski definition) is 4. The minimum atomic E-state index is -0.0669. The highest BCUT2D eigenvalue weighted by Crippen LogP contribution is 2.31. The molecular formula is C21H34N2O3. The third-order valence-corrected chi connectivity index (χ3v) is 4.85. The molecule has 1 amide bonds. The van der Waals surface area contributed by atoms with E-state index in [0.717, 1.165) is 49.4 Å². The van der Waals surface area contributed by atoms with Gasteiger partial charge in [-0.1, -0.05) is 19.4 Å². The van der Waals surface area contributed by atoms with Crippen molar-refractivity contribution < 1.29 is 14.3 Å². The molecule has 0 bridgehead atoms. The highest BCUT2D eigenvalue weighted by molar-refractivity contribution is 5.82. The van der Waals surface area contributed by atoms with Crippen molar-refractivity contribution in [3.8, 4) is 11.5 Å². The number of amides is 1. The topological polar surface area (TPSA) is 50.8 Å². The van der Waals surface area contributed by atoms with Crippen LogP contribution in [0.25, 0.3) is 0 Å². The Hall–Kier alpha value is -1.75. The molecule has 1 aromatic carbocycles. The number of likely N-dealkylation sites (tertiary alicyclic amines) is 1. The maximum Gasteiger partial charge on any atom is 0.237 e. The summed E-state index contributed by atoms with van der Waals surface area (Å²) in [5.41, 5.74) is 1.03. The van der Waals surface area contributed by atoms with Crippen LogP contribution >= 0.6 is 0 Å². The average Bonchev–Trinajstić information content (AvgIpc) is 2.64. The van der Waals surface area contributed by atoms with Crippen molar-refractivity contribution in [3.63, 3.8) is 0 Å². The van der Waals surface area contributed by atoms with Crippen LogP contribution in [0.1, 0.15) is 65.0 Å². The molecule has 1 aromatic rings. The molecular weight excluding hydrogens is 328 g/mol. The normalized spacial score (nSPS) is 19.0. The largest absolute Gasteiger partial charge is 0.490 e. The summed E-state index contributed by atoms with van der Waals surface area (Å²) in [7, 11) is 0. The lowest BCUT2D eigenvalue weighted by molar-refractivity contribution is -0.128. The van der Waals surface area contributed by atoms with Crippen molar-refractivity contribution in [1.29, 1.82) is 0 Å². The first-order chi connectivity index (χ1) is 12.6. The van der Waals surface area contributed by atoms with Gasteiger partial charge in [-0.25, -0.2) is 0 Å².